The lowest BCUT2D eigenvalue weighted by molar-refractivity contribution is 0.412. The van der Waals surface area contributed by atoms with Crippen molar-refractivity contribution in [3.63, 3.8) is 0 Å². The average molecular weight is 252 g/mol. The molecule has 2 rings (SSSR count). The van der Waals surface area contributed by atoms with Gasteiger partial charge in [-0.15, -0.1) is 0 Å². The fourth-order valence-corrected chi connectivity index (χ4v) is 1.80. The summed E-state index contributed by atoms with van der Waals surface area (Å²) < 4.78 is 18.7. The summed E-state index contributed by atoms with van der Waals surface area (Å²) in [4.78, 5) is 2.96. The van der Waals surface area contributed by atoms with Crippen molar-refractivity contribution < 1.29 is 9.13 Å². The van der Waals surface area contributed by atoms with Gasteiger partial charge >= 0.3 is 0 Å². The summed E-state index contributed by atoms with van der Waals surface area (Å²) in [5.41, 5.74) is 1.65. The smallest absolute Gasteiger partial charge is 0.150 e. The molecule has 0 bridgehead atoms. The molecule has 2 N–H and O–H groups in total. The second-order valence-electron chi connectivity index (χ2n) is 3.70. The van der Waals surface area contributed by atoms with Gasteiger partial charge in [0.05, 0.1) is 12.6 Å². The number of methoxy groups -OCH3 is 1. The Balaban J connectivity index is 0.000000771. The third kappa shape index (κ3) is 3.01. The minimum Gasteiger partial charge on any atom is -0.497 e. The Kier molecular flexibility index (Phi) is 5.65. The first-order valence-electron chi connectivity index (χ1n) is 6.24. The maximum atomic E-state index is 13.6. The number of hydrogen-bond acceptors (Lipinski definition) is 2. The lowest BCUT2D eigenvalue weighted by atomic mass is 10.1. The summed E-state index contributed by atoms with van der Waals surface area (Å²) in [7, 11) is 3.44. The second kappa shape index (κ2) is 7.01. The predicted molar refractivity (Wildman–Crippen MR) is 73.8 cm³/mol. The third-order valence-corrected chi connectivity index (χ3v) is 2.68. The van der Waals surface area contributed by atoms with Crippen LogP contribution in [0.3, 0.4) is 0 Å². The number of aromatic amines is 1. The van der Waals surface area contributed by atoms with Crippen LogP contribution in [0.2, 0.25) is 0 Å². The van der Waals surface area contributed by atoms with Gasteiger partial charge in [0, 0.05) is 17.6 Å². The number of hydrogen-bond donors (Lipinski definition) is 2. The highest BCUT2D eigenvalue weighted by Crippen LogP contribution is 2.26. The molecule has 0 saturated carbocycles. The fraction of sp³-hybridized carbons (Fsp3) is 0.429. The van der Waals surface area contributed by atoms with Crippen LogP contribution in [0, 0.1) is 5.82 Å². The van der Waals surface area contributed by atoms with E-state index >= 15 is 0 Å². The largest absolute Gasteiger partial charge is 0.497 e. The molecule has 3 nitrogen and oxygen atoms in total. The van der Waals surface area contributed by atoms with Gasteiger partial charge in [-0.2, -0.15) is 0 Å². The van der Waals surface area contributed by atoms with Crippen molar-refractivity contribution in [2.75, 3.05) is 20.7 Å². The molecule has 0 amide bonds. The molecule has 100 valence electrons. The van der Waals surface area contributed by atoms with Crippen molar-refractivity contribution in [1.29, 1.82) is 0 Å². The molecule has 1 aromatic heterocycles. The molecule has 1 aromatic carbocycles. The molecule has 2 aromatic rings. The Morgan fingerprint density at radius 1 is 1.33 bits per heavy atom. The van der Waals surface area contributed by atoms with E-state index in [2.05, 4.69) is 10.3 Å². The van der Waals surface area contributed by atoms with Crippen LogP contribution in [0.4, 0.5) is 4.39 Å². The summed E-state index contributed by atoms with van der Waals surface area (Å²) in [6.45, 7) is 4.87. The minimum absolute atomic E-state index is 0.273. The lowest BCUT2D eigenvalue weighted by Gasteiger charge is -2.03. The van der Waals surface area contributed by atoms with Crippen molar-refractivity contribution in [3.05, 3.63) is 29.7 Å². The zero-order valence-corrected chi connectivity index (χ0v) is 11.4. The van der Waals surface area contributed by atoms with Gasteiger partial charge in [0.15, 0.2) is 5.82 Å². The lowest BCUT2D eigenvalue weighted by Crippen LogP contribution is -2.09. The van der Waals surface area contributed by atoms with Gasteiger partial charge < -0.3 is 15.0 Å². The van der Waals surface area contributed by atoms with E-state index in [1.165, 1.54) is 6.07 Å². The monoisotopic (exact) mass is 252 g/mol. The maximum Gasteiger partial charge on any atom is 0.150 e. The fourth-order valence-electron chi connectivity index (χ4n) is 1.80. The van der Waals surface area contributed by atoms with Crippen molar-refractivity contribution in [1.82, 2.24) is 10.3 Å². The third-order valence-electron chi connectivity index (χ3n) is 2.68. The molecule has 0 radical (unpaired) electrons. The number of rotatable bonds is 4. The number of benzene rings is 1. The number of likely N-dealkylation sites (N-methyl/N-ethyl adjacent to an activating group) is 1. The van der Waals surface area contributed by atoms with E-state index < -0.39 is 0 Å². The molecule has 0 unspecified atom stereocenters. The van der Waals surface area contributed by atoms with E-state index in [1.54, 1.807) is 7.11 Å². The van der Waals surface area contributed by atoms with Crippen LogP contribution in [-0.4, -0.2) is 25.7 Å². The second-order valence-corrected chi connectivity index (χ2v) is 3.70. The molecular weight excluding hydrogens is 231 g/mol. The van der Waals surface area contributed by atoms with E-state index in [9.17, 15) is 4.39 Å². The molecule has 0 aliphatic heterocycles. The highest BCUT2D eigenvalue weighted by atomic mass is 19.1. The zero-order chi connectivity index (χ0) is 13.5. The van der Waals surface area contributed by atoms with Gasteiger partial charge in [0.1, 0.15) is 5.75 Å². The Morgan fingerprint density at radius 3 is 2.67 bits per heavy atom. The Bertz CT molecular complexity index is 494. The van der Waals surface area contributed by atoms with Crippen LogP contribution in [0.5, 0.6) is 5.75 Å². The average Bonchev–Trinajstić information content (AvgIpc) is 2.82. The van der Waals surface area contributed by atoms with Crippen LogP contribution in [0.25, 0.3) is 10.9 Å². The van der Waals surface area contributed by atoms with Crippen LogP contribution in [0.1, 0.15) is 19.4 Å². The van der Waals surface area contributed by atoms with Gasteiger partial charge in [-0.05, 0) is 31.6 Å². The molecule has 18 heavy (non-hydrogen) atoms. The zero-order valence-electron chi connectivity index (χ0n) is 11.4. The molecule has 0 atom stereocenters. The minimum atomic E-state index is -0.273. The summed E-state index contributed by atoms with van der Waals surface area (Å²) in [6.07, 6.45) is 2.72. The number of aromatic nitrogens is 1. The first kappa shape index (κ1) is 14.5. The van der Waals surface area contributed by atoms with E-state index in [0.717, 1.165) is 23.9 Å². The molecule has 0 saturated heterocycles. The van der Waals surface area contributed by atoms with Crippen LogP contribution in [-0.2, 0) is 6.42 Å². The van der Waals surface area contributed by atoms with E-state index in [4.69, 9.17) is 4.74 Å². The summed E-state index contributed by atoms with van der Waals surface area (Å²) in [5, 5.41) is 3.97. The SMILES string of the molecule is CC.CNCCc1c[nH]c2c(F)cc(OC)cc12. The van der Waals surface area contributed by atoms with E-state index in [1.807, 2.05) is 33.2 Å². The molecule has 1 heterocycles. The summed E-state index contributed by atoms with van der Waals surface area (Å²) >= 11 is 0. The van der Waals surface area contributed by atoms with Crippen LogP contribution in [0.15, 0.2) is 18.3 Å². The molecule has 0 aliphatic rings. The molecule has 0 spiro atoms. The number of ether oxygens (including phenoxy) is 1. The Labute approximate surface area is 107 Å². The van der Waals surface area contributed by atoms with Gasteiger partial charge in [-0.1, -0.05) is 13.8 Å². The number of halogens is 1. The van der Waals surface area contributed by atoms with Crippen molar-refractivity contribution in [3.8, 4) is 5.75 Å². The standard InChI is InChI=1S/C12H15FN2O.C2H6/c1-14-4-3-8-7-15-12-10(8)5-9(16-2)6-11(12)13;1-2/h5-7,14-15H,3-4H2,1-2H3;1-2H3. The molecule has 4 heteroatoms. The van der Waals surface area contributed by atoms with E-state index in [-0.39, 0.29) is 5.82 Å². The molecule has 0 fully saturated rings. The summed E-state index contributed by atoms with van der Waals surface area (Å²) in [6, 6.07) is 3.25. The van der Waals surface area contributed by atoms with Crippen molar-refractivity contribution in [2.24, 2.45) is 0 Å². The summed E-state index contributed by atoms with van der Waals surface area (Å²) in [5.74, 6) is 0.278. The number of fused-ring (bicyclic) bond motifs is 1. The van der Waals surface area contributed by atoms with Gasteiger partial charge in [-0.25, -0.2) is 4.39 Å². The van der Waals surface area contributed by atoms with E-state index in [0.29, 0.717) is 11.3 Å². The quantitative estimate of drug-likeness (QED) is 0.877. The normalized spacial score (nSPS) is 10.1. The molecular formula is C14H21FN2O. The van der Waals surface area contributed by atoms with Crippen LogP contribution < -0.4 is 10.1 Å². The first-order valence-corrected chi connectivity index (χ1v) is 6.24. The Hall–Kier alpha value is -1.55. The van der Waals surface area contributed by atoms with Gasteiger partial charge in [0.2, 0.25) is 0 Å². The maximum absolute atomic E-state index is 13.6. The number of H-pyrrole nitrogens is 1. The predicted octanol–water partition coefficient (Wildman–Crippen LogP) is 3.10. The van der Waals surface area contributed by atoms with Crippen molar-refractivity contribution in [2.45, 2.75) is 20.3 Å². The Morgan fingerprint density at radius 2 is 2.06 bits per heavy atom. The number of nitrogens with one attached hydrogen (secondary N) is 2. The van der Waals surface area contributed by atoms with Crippen LogP contribution >= 0.6 is 0 Å². The highest BCUT2D eigenvalue weighted by molar-refractivity contribution is 5.85. The molecule has 0 aliphatic carbocycles. The highest BCUT2D eigenvalue weighted by Gasteiger charge is 2.09. The topological polar surface area (TPSA) is 37.0 Å². The van der Waals surface area contributed by atoms with Crippen molar-refractivity contribution >= 4 is 10.9 Å². The first-order chi connectivity index (χ1) is 8.76. The van der Waals surface area contributed by atoms with Gasteiger partial charge in [0.25, 0.3) is 0 Å². The van der Waals surface area contributed by atoms with Gasteiger partial charge in [-0.3, -0.25) is 0 Å².